The molecule has 0 aromatic heterocycles. The minimum atomic E-state index is -0.492. The van der Waals surface area contributed by atoms with Gasteiger partial charge in [0.2, 0.25) is 0 Å². The first-order valence-corrected chi connectivity index (χ1v) is 10.1. The van der Waals surface area contributed by atoms with Gasteiger partial charge in [-0.05, 0) is 31.4 Å². The molecule has 2 aromatic carbocycles. The number of benzene rings is 2. The minimum Gasteiger partial charge on any atom is -0.496 e. The van der Waals surface area contributed by atoms with Crippen LogP contribution in [0.4, 0.5) is 11.4 Å². The summed E-state index contributed by atoms with van der Waals surface area (Å²) in [5.74, 6) is 1.17. The van der Waals surface area contributed by atoms with Gasteiger partial charge >= 0.3 is 0 Å². The monoisotopic (exact) mass is 429 g/mol. The molecular formula is C22H27N3O6. The average molecular weight is 429 g/mol. The number of anilines is 1. The number of ether oxygens (including phenoxy) is 3. The number of carbonyl (C=O) groups is 1. The Kier molecular flexibility index (Phi) is 7.17. The van der Waals surface area contributed by atoms with Crippen molar-refractivity contribution in [2.45, 2.75) is 25.8 Å². The van der Waals surface area contributed by atoms with Crippen LogP contribution in [0.5, 0.6) is 17.2 Å². The van der Waals surface area contributed by atoms with Gasteiger partial charge in [-0.25, -0.2) is 0 Å². The van der Waals surface area contributed by atoms with Crippen LogP contribution in [0.25, 0.3) is 0 Å². The van der Waals surface area contributed by atoms with Crippen molar-refractivity contribution in [3.8, 4) is 17.2 Å². The molecule has 2 aromatic rings. The molecule has 1 amide bonds. The SMILES string of the molecule is COc1cc(OC)c(OC)cc1CNC(=O)c1cc([N+](=O)[O-])ccc1N1CCCCC1. The Morgan fingerprint density at radius 2 is 1.65 bits per heavy atom. The number of piperidine rings is 1. The van der Waals surface area contributed by atoms with Gasteiger partial charge in [0.25, 0.3) is 11.6 Å². The quantitative estimate of drug-likeness (QED) is 0.506. The first kappa shape index (κ1) is 22.2. The van der Waals surface area contributed by atoms with E-state index in [-0.39, 0.29) is 23.7 Å². The molecule has 9 heteroatoms. The molecule has 1 N–H and O–H groups in total. The van der Waals surface area contributed by atoms with Gasteiger partial charge in [0.15, 0.2) is 11.5 Å². The fraction of sp³-hybridized carbons (Fsp3) is 0.409. The van der Waals surface area contributed by atoms with Crippen molar-refractivity contribution in [1.82, 2.24) is 5.32 Å². The lowest BCUT2D eigenvalue weighted by Gasteiger charge is -2.30. The molecule has 166 valence electrons. The molecule has 0 bridgehead atoms. The third kappa shape index (κ3) is 4.99. The summed E-state index contributed by atoms with van der Waals surface area (Å²) in [6.07, 6.45) is 3.20. The van der Waals surface area contributed by atoms with Gasteiger partial charge in [-0.2, -0.15) is 0 Å². The van der Waals surface area contributed by atoms with E-state index in [2.05, 4.69) is 10.2 Å². The Hall–Kier alpha value is -3.49. The zero-order valence-electron chi connectivity index (χ0n) is 18.0. The topological polar surface area (TPSA) is 103 Å². The Labute approximate surface area is 181 Å². The molecule has 1 fully saturated rings. The number of nitro benzene ring substituents is 1. The summed E-state index contributed by atoms with van der Waals surface area (Å²) >= 11 is 0. The van der Waals surface area contributed by atoms with Crippen molar-refractivity contribution in [2.24, 2.45) is 0 Å². The zero-order chi connectivity index (χ0) is 22.4. The van der Waals surface area contributed by atoms with Crippen LogP contribution in [0.2, 0.25) is 0 Å². The number of hydrogen-bond donors (Lipinski definition) is 1. The van der Waals surface area contributed by atoms with Gasteiger partial charge in [0, 0.05) is 43.4 Å². The third-order valence-corrected chi connectivity index (χ3v) is 5.36. The average Bonchev–Trinajstić information content (AvgIpc) is 2.81. The third-order valence-electron chi connectivity index (χ3n) is 5.36. The molecule has 0 aliphatic carbocycles. The number of amides is 1. The lowest BCUT2D eigenvalue weighted by atomic mass is 10.1. The molecular weight excluding hydrogens is 402 g/mol. The van der Waals surface area contributed by atoms with Crippen LogP contribution in [0.1, 0.15) is 35.2 Å². The molecule has 31 heavy (non-hydrogen) atoms. The maximum Gasteiger partial charge on any atom is 0.270 e. The summed E-state index contributed by atoms with van der Waals surface area (Å²) in [5.41, 5.74) is 1.57. The van der Waals surface area contributed by atoms with Crippen LogP contribution in [-0.2, 0) is 6.54 Å². The number of nitrogens with one attached hydrogen (secondary N) is 1. The second-order valence-electron chi connectivity index (χ2n) is 7.21. The lowest BCUT2D eigenvalue weighted by molar-refractivity contribution is -0.384. The highest BCUT2D eigenvalue weighted by Gasteiger charge is 2.22. The predicted octanol–water partition coefficient (Wildman–Crippen LogP) is 3.54. The van der Waals surface area contributed by atoms with Crippen LogP contribution in [0.15, 0.2) is 30.3 Å². The predicted molar refractivity (Wildman–Crippen MR) is 116 cm³/mol. The molecule has 0 unspecified atom stereocenters. The van der Waals surface area contributed by atoms with Gasteiger partial charge in [-0.1, -0.05) is 0 Å². The van der Waals surface area contributed by atoms with E-state index in [1.807, 2.05) is 0 Å². The van der Waals surface area contributed by atoms with E-state index in [1.165, 1.54) is 33.5 Å². The fourth-order valence-electron chi connectivity index (χ4n) is 3.73. The van der Waals surface area contributed by atoms with E-state index < -0.39 is 4.92 Å². The molecule has 1 heterocycles. The van der Waals surface area contributed by atoms with Crippen LogP contribution >= 0.6 is 0 Å². The standard InChI is InChI=1S/C22H27N3O6/c1-29-19-13-21(31-3)20(30-2)11-15(19)14-23-22(26)17-12-16(25(27)28)7-8-18(17)24-9-5-4-6-10-24/h7-8,11-13H,4-6,9-10,14H2,1-3H3,(H,23,26). The van der Waals surface area contributed by atoms with E-state index in [0.717, 1.165) is 32.4 Å². The number of rotatable bonds is 8. The van der Waals surface area contributed by atoms with Crippen molar-refractivity contribution in [2.75, 3.05) is 39.3 Å². The van der Waals surface area contributed by atoms with Gasteiger partial charge in [-0.3, -0.25) is 14.9 Å². The molecule has 3 rings (SSSR count). The summed E-state index contributed by atoms with van der Waals surface area (Å²) < 4.78 is 16.0. The molecule has 9 nitrogen and oxygen atoms in total. The van der Waals surface area contributed by atoms with Crippen molar-refractivity contribution in [1.29, 1.82) is 0 Å². The first-order chi connectivity index (χ1) is 15.0. The largest absolute Gasteiger partial charge is 0.496 e. The van der Waals surface area contributed by atoms with Crippen molar-refractivity contribution >= 4 is 17.3 Å². The number of methoxy groups -OCH3 is 3. The van der Waals surface area contributed by atoms with Crippen LogP contribution in [0, 0.1) is 10.1 Å². The number of carbonyl (C=O) groups excluding carboxylic acids is 1. The van der Waals surface area contributed by atoms with E-state index in [1.54, 1.807) is 18.2 Å². The van der Waals surface area contributed by atoms with Crippen molar-refractivity contribution in [3.05, 3.63) is 51.6 Å². The Morgan fingerprint density at radius 3 is 2.26 bits per heavy atom. The Balaban J connectivity index is 1.87. The molecule has 1 aliphatic heterocycles. The minimum absolute atomic E-state index is 0.116. The Bertz CT molecular complexity index is 957. The molecule has 1 saturated heterocycles. The lowest BCUT2D eigenvalue weighted by Crippen LogP contribution is -2.32. The van der Waals surface area contributed by atoms with Gasteiger partial charge in [0.1, 0.15) is 5.75 Å². The second kappa shape index (κ2) is 10.0. The Morgan fingerprint density at radius 1 is 1.00 bits per heavy atom. The summed E-state index contributed by atoms with van der Waals surface area (Å²) in [6, 6.07) is 7.86. The molecule has 0 spiro atoms. The zero-order valence-corrected chi connectivity index (χ0v) is 18.0. The van der Waals surface area contributed by atoms with E-state index >= 15 is 0 Å². The summed E-state index contributed by atoms with van der Waals surface area (Å²) in [6.45, 7) is 1.80. The number of nitrogens with zero attached hydrogens (tertiary/aromatic N) is 2. The normalized spacial score (nSPS) is 13.5. The van der Waals surface area contributed by atoms with E-state index in [0.29, 0.717) is 28.5 Å². The number of nitro groups is 1. The summed E-state index contributed by atoms with van der Waals surface area (Å²) in [4.78, 5) is 26.0. The fourth-order valence-corrected chi connectivity index (χ4v) is 3.73. The van der Waals surface area contributed by atoms with E-state index in [4.69, 9.17) is 14.2 Å². The van der Waals surface area contributed by atoms with Gasteiger partial charge in [-0.15, -0.1) is 0 Å². The highest BCUT2D eigenvalue weighted by Crippen LogP contribution is 2.35. The maximum absolute atomic E-state index is 13.1. The van der Waals surface area contributed by atoms with Crippen LogP contribution < -0.4 is 24.4 Å². The molecule has 0 atom stereocenters. The van der Waals surface area contributed by atoms with Gasteiger partial charge < -0.3 is 24.4 Å². The maximum atomic E-state index is 13.1. The van der Waals surface area contributed by atoms with Crippen LogP contribution in [-0.4, -0.2) is 45.2 Å². The second-order valence-corrected chi connectivity index (χ2v) is 7.21. The van der Waals surface area contributed by atoms with E-state index in [9.17, 15) is 14.9 Å². The number of non-ortho nitro benzene ring substituents is 1. The smallest absolute Gasteiger partial charge is 0.270 e. The van der Waals surface area contributed by atoms with Gasteiger partial charge in [0.05, 0.1) is 37.5 Å². The summed E-state index contributed by atoms with van der Waals surface area (Å²) in [7, 11) is 4.59. The highest BCUT2D eigenvalue weighted by atomic mass is 16.6. The van der Waals surface area contributed by atoms with Crippen molar-refractivity contribution in [3.63, 3.8) is 0 Å². The summed E-state index contributed by atoms with van der Waals surface area (Å²) in [5, 5.41) is 14.1. The molecule has 0 radical (unpaired) electrons. The van der Waals surface area contributed by atoms with Crippen LogP contribution in [0.3, 0.4) is 0 Å². The molecule has 0 saturated carbocycles. The molecule has 1 aliphatic rings. The van der Waals surface area contributed by atoms with Crippen molar-refractivity contribution < 1.29 is 23.9 Å². The highest BCUT2D eigenvalue weighted by molar-refractivity contribution is 6.00. The first-order valence-electron chi connectivity index (χ1n) is 10.1. The number of hydrogen-bond acceptors (Lipinski definition) is 7.